The van der Waals surface area contributed by atoms with Gasteiger partial charge in [-0.2, -0.15) is 4.31 Å². The van der Waals surface area contributed by atoms with Crippen molar-refractivity contribution in [1.29, 1.82) is 0 Å². The van der Waals surface area contributed by atoms with Gasteiger partial charge in [-0.25, -0.2) is 8.42 Å². The molecule has 0 unspecified atom stereocenters. The fourth-order valence-corrected chi connectivity index (χ4v) is 4.12. The van der Waals surface area contributed by atoms with E-state index < -0.39 is 10.0 Å². The van der Waals surface area contributed by atoms with Crippen LogP contribution in [0.1, 0.15) is 42.2 Å². The van der Waals surface area contributed by atoms with Crippen molar-refractivity contribution < 1.29 is 17.4 Å². The molecule has 0 N–H and O–H groups in total. The molecule has 0 aromatic carbocycles. The molecule has 120 valence electrons. The van der Waals surface area contributed by atoms with Crippen molar-refractivity contribution in [3.05, 3.63) is 35.1 Å². The van der Waals surface area contributed by atoms with Crippen LogP contribution >= 0.6 is 0 Å². The Morgan fingerprint density at radius 3 is 2.59 bits per heavy atom. The largest absolute Gasteiger partial charge is 0.464 e. The maximum absolute atomic E-state index is 12.6. The SMILES string of the molecule is Cc1noc(C)c1S(=O)(=O)N(C)Cc1ccc([C@H]2C[C@@H]2C)o1. The zero-order valence-electron chi connectivity index (χ0n) is 13.2. The zero-order valence-corrected chi connectivity index (χ0v) is 14.0. The van der Waals surface area contributed by atoms with Crippen LogP contribution in [0.3, 0.4) is 0 Å². The average molecular weight is 324 g/mol. The first kappa shape index (κ1) is 15.3. The molecule has 7 heteroatoms. The van der Waals surface area contributed by atoms with Gasteiger partial charge in [0.15, 0.2) is 5.76 Å². The maximum atomic E-state index is 12.6. The molecule has 0 bridgehead atoms. The molecular formula is C15H20N2O4S. The molecule has 0 aliphatic heterocycles. The van der Waals surface area contributed by atoms with E-state index in [1.807, 2.05) is 12.1 Å². The molecule has 0 spiro atoms. The lowest BCUT2D eigenvalue weighted by atomic mass is 10.3. The normalized spacial score (nSPS) is 21.5. The molecule has 2 atom stereocenters. The Labute approximate surface area is 130 Å². The smallest absolute Gasteiger partial charge is 0.248 e. The molecule has 2 aromatic rings. The van der Waals surface area contributed by atoms with Crippen LogP contribution in [0.5, 0.6) is 0 Å². The van der Waals surface area contributed by atoms with Crippen LogP contribution in [-0.4, -0.2) is 24.9 Å². The molecule has 2 aromatic heterocycles. The van der Waals surface area contributed by atoms with Gasteiger partial charge < -0.3 is 8.94 Å². The van der Waals surface area contributed by atoms with Gasteiger partial charge in [0.2, 0.25) is 10.0 Å². The van der Waals surface area contributed by atoms with Crippen molar-refractivity contribution in [2.75, 3.05) is 7.05 Å². The second kappa shape index (κ2) is 5.24. The summed E-state index contributed by atoms with van der Waals surface area (Å²) < 4.78 is 37.3. The molecular weight excluding hydrogens is 304 g/mol. The lowest BCUT2D eigenvalue weighted by Gasteiger charge is -2.15. The van der Waals surface area contributed by atoms with Crippen LogP contribution in [0.25, 0.3) is 0 Å². The van der Waals surface area contributed by atoms with E-state index in [2.05, 4.69) is 12.1 Å². The van der Waals surface area contributed by atoms with Crippen molar-refractivity contribution in [2.24, 2.45) is 5.92 Å². The first-order chi connectivity index (χ1) is 10.3. The lowest BCUT2D eigenvalue weighted by Crippen LogP contribution is -2.27. The summed E-state index contributed by atoms with van der Waals surface area (Å²) in [5, 5.41) is 3.71. The van der Waals surface area contributed by atoms with E-state index in [1.54, 1.807) is 13.8 Å². The highest BCUT2D eigenvalue weighted by molar-refractivity contribution is 7.89. The van der Waals surface area contributed by atoms with E-state index >= 15 is 0 Å². The Balaban J connectivity index is 1.79. The minimum atomic E-state index is -3.64. The van der Waals surface area contributed by atoms with Crippen LogP contribution in [0.15, 0.2) is 26.0 Å². The molecule has 22 heavy (non-hydrogen) atoms. The maximum Gasteiger partial charge on any atom is 0.248 e. The molecule has 6 nitrogen and oxygen atoms in total. The van der Waals surface area contributed by atoms with Crippen molar-refractivity contribution >= 4 is 10.0 Å². The van der Waals surface area contributed by atoms with Crippen molar-refractivity contribution in [3.8, 4) is 0 Å². The summed E-state index contributed by atoms with van der Waals surface area (Å²) in [6.45, 7) is 5.59. The quantitative estimate of drug-likeness (QED) is 0.845. The number of aromatic nitrogens is 1. The number of hydrogen-bond acceptors (Lipinski definition) is 5. The second-order valence-electron chi connectivity index (χ2n) is 6.04. The Morgan fingerprint density at radius 2 is 2.05 bits per heavy atom. The van der Waals surface area contributed by atoms with Gasteiger partial charge in [-0.05, 0) is 38.3 Å². The summed E-state index contributed by atoms with van der Waals surface area (Å²) in [6, 6.07) is 3.79. The van der Waals surface area contributed by atoms with E-state index in [0.29, 0.717) is 29.1 Å². The average Bonchev–Trinajstić information content (AvgIpc) is 2.84. The summed E-state index contributed by atoms with van der Waals surface area (Å²) in [4.78, 5) is 0.137. The Morgan fingerprint density at radius 1 is 1.36 bits per heavy atom. The molecule has 1 saturated carbocycles. The zero-order chi connectivity index (χ0) is 16.1. The molecule has 0 radical (unpaired) electrons. The van der Waals surface area contributed by atoms with Gasteiger partial charge in [0.05, 0.1) is 6.54 Å². The van der Waals surface area contributed by atoms with Gasteiger partial charge in [-0.15, -0.1) is 0 Å². The fourth-order valence-electron chi connectivity index (χ4n) is 2.70. The highest BCUT2D eigenvalue weighted by Gasteiger charge is 2.37. The molecule has 0 amide bonds. The summed E-state index contributed by atoms with van der Waals surface area (Å²) in [7, 11) is -2.11. The van der Waals surface area contributed by atoms with Gasteiger partial charge >= 0.3 is 0 Å². The molecule has 1 aliphatic rings. The summed E-state index contributed by atoms with van der Waals surface area (Å²) in [5.41, 5.74) is 0.372. The predicted octanol–water partition coefficient (Wildman–Crippen LogP) is 2.83. The third kappa shape index (κ3) is 2.59. The highest BCUT2D eigenvalue weighted by Crippen LogP contribution is 2.47. The molecule has 1 aliphatic carbocycles. The van der Waals surface area contributed by atoms with Crippen LogP contribution in [0.2, 0.25) is 0 Å². The first-order valence-electron chi connectivity index (χ1n) is 7.28. The molecule has 2 heterocycles. The van der Waals surface area contributed by atoms with Crippen molar-refractivity contribution in [3.63, 3.8) is 0 Å². The summed E-state index contributed by atoms with van der Waals surface area (Å²) in [5.74, 6) is 3.04. The van der Waals surface area contributed by atoms with Crippen molar-refractivity contribution in [2.45, 2.75) is 44.6 Å². The Hall–Kier alpha value is -1.60. The third-order valence-corrected chi connectivity index (χ3v) is 6.22. The van der Waals surface area contributed by atoms with Crippen LogP contribution in [-0.2, 0) is 16.6 Å². The predicted molar refractivity (Wildman–Crippen MR) is 79.9 cm³/mol. The van der Waals surface area contributed by atoms with Gasteiger partial charge in [0.1, 0.15) is 22.1 Å². The topological polar surface area (TPSA) is 76.6 Å². The molecule has 3 rings (SSSR count). The van der Waals surface area contributed by atoms with Crippen LogP contribution in [0.4, 0.5) is 0 Å². The van der Waals surface area contributed by atoms with Crippen LogP contribution < -0.4 is 0 Å². The van der Waals surface area contributed by atoms with E-state index in [4.69, 9.17) is 8.94 Å². The lowest BCUT2D eigenvalue weighted by molar-refractivity contribution is 0.383. The summed E-state index contributed by atoms with van der Waals surface area (Å²) >= 11 is 0. The van der Waals surface area contributed by atoms with E-state index in [1.165, 1.54) is 11.4 Å². The molecule has 1 fully saturated rings. The van der Waals surface area contributed by atoms with E-state index in [0.717, 1.165) is 12.2 Å². The van der Waals surface area contributed by atoms with E-state index in [-0.39, 0.29) is 11.4 Å². The number of hydrogen-bond donors (Lipinski definition) is 0. The van der Waals surface area contributed by atoms with Crippen LogP contribution in [0, 0.1) is 19.8 Å². The molecule has 0 saturated heterocycles. The highest BCUT2D eigenvalue weighted by atomic mass is 32.2. The standard InChI is InChI=1S/C15H20N2O4S/c1-9-7-13(9)14-6-5-12(20-14)8-17(4)22(18,19)15-10(2)16-21-11(15)3/h5-6,9,13H,7-8H2,1-4H3/t9-,13-/m0/s1. The second-order valence-corrected chi connectivity index (χ2v) is 8.02. The fraction of sp³-hybridized carbons (Fsp3) is 0.533. The number of sulfonamides is 1. The van der Waals surface area contributed by atoms with E-state index in [9.17, 15) is 8.42 Å². The number of furan rings is 1. The van der Waals surface area contributed by atoms with Crippen molar-refractivity contribution in [1.82, 2.24) is 9.46 Å². The number of rotatable bonds is 5. The van der Waals surface area contributed by atoms with Gasteiger partial charge in [0, 0.05) is 13.0 Å². The number of aryl methyl sites for hydroxylation is 2. The minimum Gasteiger partial charge on any atom is -0.464 e. The number of nitrogens with zero attached hydrogens (tertiary/aromatic N) is 2. The Kier molecular flexibility index (Phi) is 3.65. The van der Waals surface area contributed by atoms with Gasteiger partial charge in [0.25, 0.3) is 0 Å². The third-order valence-electron chi connectivity index (χ3n) is 4.17. The summed E-state index contributed by atoms with van der Waals surface area (Å²) in [6.07, 6.45) is 1.14. The Bertz CT molecular complexity index is 771. The van der Waals surface area contributed by atoms with Gasteiger partial charge in [-0.3, -0.25) is 0 Å². The minimum absolute atomic E-state index is 0.137. The van der Waals surface area contributed by atoms with Gasteiger partial charge in [-0.1, -0.05) is 12.1 Å². The monoisotopic (exact) mass is 324 g/mol. The first-order valence-corrected chi connectivity index (χ1v) is 8.72.